The summed E-state index contributed by atoms with van der Waals surface area (Å²) in [5, 5.41) is 15.5. The van der Waals surface area contributed by atoms with Gasteiger partial charge in [0.25, 0.3) is 0 Å². The number of hydrogen-bond acceptors (Lipinski definition) is 5. The standard InChI is InChI=1S/C23H19N3O2S/c27-23(28)18-11-13-19(14-12-18)26-20(15-29)24-25-22(26)21(16-7-3-1-4-8-16)17-9-5-2-6-10-17/h1-15,20-21,24H,(H,27,28). The van der Waals surface area contributed by atoms with E-state index in [2.05, 4.69) is 34.8 Å². The minimum absolute atomic E-state index is 0.107. The molecule has 1 atom stereocenters. The van der Waals surface area contributed by atoms with Gasteiger partial charge < -0.3 is 10.0 Å². The van der Waals surface area contributed by atoms with E-state index in [1.807, 2.05) is 41.3 Å². The summed E-state index contributed by atoms with van der Waals surface area (Å²) in [6, 6.07) is 27.1. The highest BCUT2D eigenvalue weighted by Crippen LogP contribution is 2.32. The average Bonchev–Trinajstić information content (AvgIpc) is 3.19. The van der Waals surface area contributed by atoms with Crippen LogP contribution in [0.2, 0.25) is 0 Å². The number of hydrogen-bond donors (Lipinski definition) is 2. The van der Waals surface area contributed by atoms with Crippen molar-refractivity contribution in [3.63, 3.8) is 0 Å². The van der Waals surface area contributed by atoms with Gasteiger partial charge in [0.1, 0.15) is 12.0 Å². The smallest absolute Gasteiger partial charge is 0.335 e. The number of thiocarbonyl (C=S) groups is 1. The summed E-state index contributed by atoms with van der Waals surface area (Å²) in [5.41, 5.74) is 6.37. The van der Waals surface area contributed by atoms with E-state index in [0.717, 1.165) is 22.6 Å². The molecule has 0 fully saturated rings. The number of nitrogens with zero attached hydrogens (tertiary/aromatic N) is 2. The Morgan fingerprint density at radius 1 is 0.966 bits per heavy atom. The first-order valence-electron chi connectivity index (χ1n) is 9.20. The minimum Gasteiger partial charge on any atom is -0.478 e. The topological polar surface area (TPSA) is 64.9 Å². The van der Waals surface area contributed by atoms with Crippen LogP contribution >= 0.6 is 12.2 Å². The zero-order chi connectivity index (χ0) is 20.2. The maximum Gasteiger partial charge on any atom is 0.335 e. The Balaban J connectivity index is 1.80. The van der Waals surface area contributed by atoms with Crippen LogP contribution in [0.25, 0.3) is 0 Å². The van der Waals surface area contributed by atoms with Crippen LogP contribution in [-0.2, 0) is 0 Å². The van der Waals surface area contributed by atoms with Crippen molar-refractivity contribution in [1.29, 1.82) is 0 Å². The maximum absolute atomic E-state index is 11.2. The Hall–Kier alpha value is -3.51. The van der Waals surface area contributed by atoms with Crippen molar-refractivity contribution in [1.82, 2.24) is 5.43 Å². The molecule has 2 N–H and O–H groups in total. The van der Waals surface area contributed by atoms with Gasteiger partial charge in [0, 0.05) is 11.1 Å². The molecule has 4 rings (SSSR count). The lowest BCUT2D eigenvalue weighted by molar-refractivity contribution is 0.0697. The second kappa shape index (κ2) is 8.24. The molecule has 3 aromatic carbocycles. The molecule has 0 radical (unpaired) electrons. The lowest BCUT2D eigenvalue weighted by Gasteiger charge is -2.29. The van der Waals surface area contributed by atoms with Crippen LogP contribution in [0.15, 0.2) is 90.0 Å². The van der Waals surface area contributed by atoms with E-state index < -0.39 is 5.97 Å². The van der Waals surface area contributed by atoms with Gasteiger partial charge in [0.2, 0.25) is 0 Å². The molecule has 0 saturated heterocycles. The van der Waals surface area contributed by atoms with E-state index in [4.69, 9.17) is 12.2 Å². The number of carboxylic acids is 1. The number of anilines is 1. The van der Waals surface area contributed by atoms with Crippen molar-refractivity contribution in [2.75, 3.05) is 4.90 Å². The molecule has 5 nitrogen and oxygen atoms in total. The van der Waals surface area contributed by atoms with Crippen molar-refractivity contribution < 1.29 is 9.90 Å². The van der Waals surface area contributed by atoms with Gasteiger partial charge in [0.15, 0.2) is 0 Å². The number of carbonyl (C=O) groups is 1. The molecule has 1 aliphatic heterocycles. The SMILES string of the molecule is O=C(O)c1ccc(N2C(C(c3ccccc3)c3ccccc3)=NNC2C=S)cc1. The number of rotatable bonds is 6. The molecular weight excluding hydrogens is 382 g/mol. The molecule has 29 heavy (non-hydrogen) atoms. The lowest BCUT2D eigenvalue weighted by Crippen LogP contribution is -2.43. The van der Waals surface area contributed by atoms with E-state index in [-0.39, 0.29) is 17.6 Å². The molecule has 6 heteroatoms. The summed E-state index contributed by atoms with van der Waals surface area (Å²) < 4.78 is 0. The first kappa shape index (κ1) is 18.8. The summed E-state index contributed by atoms with van der Waals surface area (Å²) in [7, 11) is 0. The van der Waals surface area contributed by atoms with Gasteiger partial charge in [-0.1, -0.05) is 72.9 Å². The van der Waals surface area contributed by atoms with Gasteiger partial charge in [-0.15, -0.1) is 0 Å². The van der Waals surface area contributed by atoms with E-state index >= 15 is 0 Å². The fourth-order valence-corrected chi connectivity index (χ4v) is 3.70. The van der Waals surface area contributed by atoms with Crippen LogP contribution in [0, 0.1) is 0 Å². The molecule has 0 saturated carbocycles. The van der Waals surface area contributed by atoms with Crippen LogP contribution in [-0.4, -0.2) is 28.4 Å². The molecule has 1 aliphatic rings. The van der Waals surface area contributed by atoms with Crippen molar-refractivity contribution in [2.24, 2.45) is 5.10 Å². The zero-order valence-corrected chi connectivity index (χ0v) is 16.3. The normalized spacial score (nSPS) is 15.7. The Kier molecular flexibility index (Phi) is 5.35. The van der Waals surface area contributed by atoms with Gasteiger partial charge in [-0.25, -0.2) is 4.79 Å². The maximum atomic E-state index is 11.2. The van der Waals surface area contributed by atoms with Crippen molar-refractivity contribution in [3.8, 4) is 0 Å². The Labute approximate surface area is 174 Å². The minimum atomic E-state index is -0.956. The van der Waals surface area contributed by atoms with Gasteiger partial charge in [0.05, 0.1) is 11.5 Å². The van der Waals surface area contributed by atoms with Crippen LogP contribution in [0.5, 0.6) is 0 Å². The largest absolute Gasteiger partial charge is 0.478 e. The summed E-state index contributed by atoms with van der Waals surface area (Å²) in [6.07, 6.45) is -0.300. The monoisotopic (exact) mass is 401 g/mol. The number of aromatic carboxylic acids is 1. The Morgan fingerprint density at radius 2 is 1.52 bits per heavy atom. The number of hydrazone groups is 1. The molecule has 0 aromatic heterocycles. The van der Waals surface area contributed by atoms with Crippen LogP contribution in [0.4, 0.5) is 5.69 Å². The molecular formula is C23H19N3O2S. The van der Waals surface area contributed by atoms with Crippen molar-refractivity contribution in [3.05, 3.63) is 102 Å². The van der Waals surface area contributed by atoms with Gasteiger partial charge in [-0.05, 0) is 35.4 Å². The Bertz CT molecular complexity index is 997. The van der Waals surface area contributed by atoms with Crippen molar-refractivity contribution >= 4 is 35.1 Å². The highest BCUT2D eigenvalue weighted by molar-refractivity contribution is 7.79. The quantitative estimate of drug-likeness (QED) is 0.604. The second-order valence-electron chi connectivity index (χ2n) is 6.66. The van der Waals surface area contributed by atoms with E-state index in [9.17, 15) is 9.90 Å². The lowest BCUT2D eigenvalue weighted by atomic mass is 9.89. The summed E-state index contributed by atoms with van der Waals surface area (Å²) in [5.74, 6) is -0.261. The summed E-state index contributed by atoms with van der Waals surface area (Å²) in [6.45, 7) is 0. The molecule has 3 aromatic rings. The number of nitrogens with one attached hydrogen (secondary N) is 1. The molecule has 1 heterocycles. The third-order valence-corrected chi connectivity index (χ3v) is 5.14. The predicted molar refractivity (Wildman–Crippen MR) is 119 cm³/mol. The van der Waals surface area contributed by atoms with Gasteiger partial charge >= 0.3 is 5.97 Å². The average molecular weight is 401 g/mol. The van der Waals surface area contributed by atoms with Crippen LogP contribution in [0.1, 0.15) is 27.4 Å². The highest BCUT2D eigenvalue weighted by atomic mass is 32.1. The first-order valence-corrected chi connectivity index (χ1v) is 9.67. The van der Waals surface area contributed by atoms with E-state index in [1.54, 1.807) is 29.6 Å². The van der Waals surface area contributed by atoms with E-state index in [0.29, 0.717) is 0 Å². The van der Waals surface area contributed by atoms with Crippen molar-refractivity contribution in [2.45, 2.75) is 12.1 Å². The highest BCUT2D eigenvalue weighted by Gasteiger charge is 2.34. The summed E-state index contributed by atoms with van der Waals surface area (Å²) >= 11 is 5.23. The van der Waals surface area contributed by atoms with Gasteiger partial charge in [-0.3, -0.25) is 5.43 Å². The molecule has 0 spiro atoms. The molecule has 0 aliphatic carbocycles. The van der Waals surface area contributed by atoms with Crippen LogP contribution in [0.3, 0.4) is 0 Å². The predicted octanol–water partition coefficient (Wildman–Crippen LogP) is 4.27. The molecule has 1 unspecified atom stereocenters. The van der Waals surface area contributed by atoms with E-state index in [1.165, 1.54) is 0 Å². The first-order chi connectivity index (χ1) is 14.2. The van der Waals surface area contributed by atoms with Gasteiger partial charge in [-0.2, -0.15) is 5.10 Å². The fourth-order valence-electron chi connectivity index (χ4n) is 3.52. The summed E-state index contributed by atoms with van der Waals surface area (Å²) in [4.78, 5) is 13.2. The number of carboxylic acid groups (broad SMARTS) is 1. The zero-order valence-electron chi connectivity index (χ0n) is 15.5. The second-order valence-corrected chi connectivity index (χ2v) is 6.93. The number of amidine groups is 1. The molecule has 144 valence electrons. The Morgan fingerprint density at radius 3 is 2.00 bits per heavy atom. The third kappa shape index (κ3) is 3.75. The number of benzene rings is 3. The molecule has 0 bridgehead atoms. The third-order valence-electron chi connectivity index (χ3n) is 4.88. The van der Waals surface area contributed by atoms with Crippen LogP contribution < -0.4 is 10.3 Å². The molecule has 0 amide bonds. The fraction of sp³-hybridized carbons (Fsp3) is 0.0870.